The van der Waals surface area contributed by atoms with Crippen molar-refractivity contribution in [2.75, 3.05) is 13.7 Å². The van der Waals surface area contributed by atoms with Gasteiger partial charge in [-0.15, -0.1) is 0 Å². The van der Waals surface area contributed by atoms with Crippen LogP contribution in [-0.2, 0) is 20.8 Å². The second kappa shape index (κ2) is 9.55. The lowest BCUT2D eigenvalue weighted by Gasteiger charge is -2.41. The molecule has 5 atom stereocenters. The molecule has 30 heavy (non-hydrogen) atoms. The minimum absolute atomic E-state index is 0.0697. The van der Waals surface area contributed by atoms with Crippen LogP contribution in [0.25, 0.3) is 0 Å². The van der Waals surface area contributed by atoms with Gasteiger partial charge in [0, 0.05) is 5.92 Å². The molecule has 9 heteroatoms. The van der Waals surface area contributed by atoms with Gasteiger partial charge in [-0.05, 0) is 38.5 Å². The van der Waals surface area contributed by atoms with E-state index in [-0.39, 0.29) is 36.2 Å². The fourth-order valence-corrected chi connectivity index (χ4v) is 4.49. The van der Waals surface area contributed by atoms with Crippen molar-refractivity contribution in [1.29, 1.82) is 0 Å². The highest BCUT2D eigenvalue weighted by molar-refractivity contribution is 8.14. The van der Waals surface area contributed by atoms with E-state index in [1.807, 2.05) is 31.2 Å². The van der Waals surface area contributed by atoms with Crippen LogP contribution in [0.5, 0.6) is 5.75 Å². The lowest BCUT2D eigenvalue weighted by atomic mass is 9.90. The summed E-state index contributed by atoms with van der Waals surface area (Å²) in [6, 6.07) is 7.38. The Labute approximate surface area is 181 Å². The number of rotatable bonds is 5. The van der Waals surface area contributed by atoms with Crippen molar-refractivity contribution in [3.8, 4) is 5.75 Å². The predicted molar refractivity (Wildman–Crippen MR) is 115 cm³/mol. The highest BCUT2D eigenvalue weighted by Crippen LogP contribution is 2.39. The van der Waals surface area contributed by atoms with E-state index in [1.54, 1.807) is 27.9 Å². The van der Waals surface area contributed by atoms with Crippen molar-refractivity contribution in [2.24, 2.45) is 10.9 Å². The Kier molecular flexibility index (Phi) is 7.28. The molecule has 0 bridgehead atoms. The zero-order valence-electron chi connectivity index (χ0n) is 18.0. The van der Waals surface area contributed by atoms with Gasteiger partial charge in [-0.2, -0.15) is 0 Å². The third-order valence-corrected chi connectivity index (χ3v) is 5.97. The van der Waals surface area contributed by atoms with Gasteiger partial charge in [0.1, 0.15) is 22.8 Å². The number of carbonyl (C=O) groups is 1. The first-order valence-electron chi connectivity index (χ1n) is 9.95. The Morgan fingerprint density at radius 2 is 2.00 bits per heavy atom. The van der Waals surface area contributed by atoms with Gasteiger partial charge in [-0.1, -0.05) is 30.8 Å². The lowest BCUT2D eigenvalue weighted by molar-refractivity contribution is -0.148. The Bertz CT molecular complexity index is 764. The molecule has 0 radical (unpaired) electrons. The quantitative estimate of drug-likeness (QED) is 0.729. The van der Waals surface area contributed by atoms with Crippen molar-refractivity contribution >= 4 is 23.0 Å². The number of carbonyl (C=O) groups excluding carboxylic acids is 1. The Balaban J connectivity index is 1.69. The highest BCUT2D eigenvalue weighted by Gasteiger charge is 2.48. The number of alkyl carbamates (subject to hydrolysis) is 1. The first kappa shape index (κ1) is 22.9. The fourth-order valence-electron chi connectivity index (χ4n) is 3.39. The van der Waals surface area contributed by atoms with Gasteiger partial charge >= 0.3 is 6.09 Å². The summed E-state index contributed by atoms with van der Waals surface area (Å²) < 4.78 is 22.7. The number of amidine groups is 1. The normalized spacial score (nSPS) is 28.5. The van der Waals surface area contributed by atoms with Gasteiger partial charge in [0.05, 0.1) is 32.5 Å². The number of amides is 1. The van der Waals surface area contributed by atoms with E-state index in [0.29, 0.717) is 11.8 Å². The van der Waals surface area contributed by atoms with Crippen LogP contribution < -0.4 is 10.1 Å². The molecule has 1 aromatic carbocycles. The maximum atomic E-state index is 12.1. The third kappa shape index (κ3) is 5.66. The molecule has 3 rings (SSSR count). The number of fused-ring (bicyclic) bond motifs is 1. The molecular formula is C21H30N2O6S. The maximum Gasteiger partial charge on any atom is 0.413 e. The van der Waals surface area contributed by atoms with Crippen molar-refractivity contribution in [1.82, 2.24) is 5.32 Å². The summed E-state index contributed by atoms with van der Waals surface area (Å²) in [6.07, 6.45) is -1.20. The summed E-state index contributed by atoms with van der Waals surface area (Å²) in [5.41, 5.74) is 0.0648. The molecule has 1 fully saturated rings. The average molecular weight is 439 g/mol. The SMILES string of the molecule is COc1ccc(CO[C@H]2[C@H](C)[C@@H](CO)O[C@@H]3SC(NC(=O)OC(C)(C)C)=N[C@H]23)cc1. The lowest BCUT2D eigenvalue weighted by Crippen LogP contribution is -2.52. The van der Waals surface area contributed by atoms with Crippen molar-refractivity contribution < 1.29 is 28.8 Å². The number of ether oxygens (including phenoxy) is 4. The van der Waals surface area contributed by atoms with E-state index in [4.69, 9.17) is 18.9 Å². The highest BCUT2D eigenvalue weighted by atomic mass is 32.2. The van der Waals surface area contributed by atoms with Crippen LogP contribution in [0.1, 0.15) is 33.3 Å². The predicted octanol–water partition coefficient (Wildman–Crippen LogP) is 2.93. The average Bonchev–Trinajstić information content (AvgIpc) is 3.07. The second-order valence-corrected chi connectivity index (χ2v) is 9.46. The first-order valence-corrected chi connectivity index (χ1v) is 10.8. The molecule has 2 aliphatic rings. The van der Waals surface area contributed by atoms with Gasteiger partial charge in [-0.3, -0.25) is 10.3 Å². The number of nitrogens with zero attached hydrogens (tertiary/aromatic N) is 1. The summed E-state index contributed by atoms with van der Waals surface area (Å²) in [6.45, 7) is 7.67. The summed E-state index contributed by atoms with van der Waals surface area (Å²) >= 11 is 1.31. The van der Waals surface area contributed by atoms with Crippen LogP contribution in [0.2, 0.25) is 0 Å². The van der Waals surface area contributed by atoms with E-state index in [9.17, 15) is 9.90 Å². The van der Waals surface area contributed by atoms with Crippen LogP contribution in [0.15, 0.2) is 29.3 Å². The molecule has 1 saturated heterocycles. The molecular weight excluding hydrogens is 408 g/mol. The van der Waals surface area contributed by atoms with E-state index in [1.165, 1.54) is 11.8 Å². The summed E-state index contributed by atoms with van der Waals surface area (Å²) in [5.74, 6) is 0.716. The standard InChI is InChI=1S/C21H30N2O6S/c1-12-15(10-24)28-18-16(22-19(30-18)23-20(25)29-21(2,3)4)17(12)27-11-13-6-8-14(26-5)9-7-13/h6-9,12,15-18,24H,10-11H2,1-5H3,(H,22,23,25)/t12-,15-,16-,17+,18-/m1/s1. The van der Waals surface area contributed by atoms with Crippen molar-refractivity contribution in [3.05, 3.63) is 29.8 Å². The first-order chi connectivity index (χ1) is 14.2. The molecule has 166 valence electrons. The minimum atomic E-state index is -0.600. The number of aliphatic hydroxyl groups excluding tert-OH is 1. The number of hydrogen-bond donors (Lipinski definition) is 2. The van der Waals surface area contributed by atoms with Crippen LogP contribution in [0.4, 0.5) is 4.79 Å². The Morgan fingerprint density at radius 3 is 2.60 bits per heavy atom. The third-order valence-electron chi connectivity index (χ3n) is 4.91. The number of aliphatic hydroxyl groups is 1. The van der Waals surface area contributed by atoms with Gasteiger partial charge in [0.2, 0.25) is 0 Å². The molecule has 0 aromatic heterocycles. The van der Waals surface area contributed by atoms with Gasteiger partial charge in [0.15, 0.2) is 5.17 Å². The van der Waals surface area contributed by atoms with Crippen molar-refractivity contribution in [2.45, 2.75) is 63.6 Å². The number of aliphatic imine (C=N–C) groups is 1. The largest absolute Gasteiger partial charge is 0.497 e. The molecule has 2 heterocycles. The van der Waals surface area contributed by atoms with Crippen LogP contribution in [-0.4, -0.2) is 59.4 Å². The molecule has 1 amide bonds. The van der Waals surface area contributed by atoms with Crippen LogP contribution >= 0.6 is 11.8 Å². The molecule has 0 saturated carbocycles. The van der Waals surface area contributed by atoms with Crippen molar-refractivity contribution in [3.63, 3.8) is 0 Å². The second-order valence-electron chi connectivity index (χ2n) is 8.38. The fraction of sp³-hybridized carbons (Fsp3) is 0.619. The molecule has 0 aliphatic carbocycles. The van der Waals surface area contributed by atoms with E-state index in [2.05, 4.69) is 10.3 Å². The summed E-state index contributed by atoms with van der Waals surface area (Å²) in [7, 11) is 1.63. The molecule has 0 unspecified atom stereocenters. The molecule has 2 aliphatic heterocycles. The number of hydrogen-bond acceptors (Lipinski definition) is 8. The molecule has 8 nitrogen and oxygen atoms in total. The Hall–Kier alpha value is -1.81. The smallest absolute Gasteiger partial charge is 0.413 e. The summed E-state index contributed by atoms with van der Waals surface area (Å²) in [4.78, 5) is 16.7. The van der Waals surface area contributed by atoms with Crippen LogP contribution in [0.3, 0.4) is 0 Å². The number of methoxy groups -OCH3 is 1. The number of thioether (sulfide) groups is 1. The molecule has 1 aromatic rings. The van der Waals surface area contributed by atoms with Gasteiger partial charge in [-0.25, -0.2) is 4.79 Å². The van der Waals surface area contributed by atoms with E-state index in [0.717, 1.165) is 11.3 Å². The number of nitrogens with one attached hydrogen (secondary N) is 1. The monoisotopic (exact) mass is 438 g/mol. The van der Waals surface area contributed by atoms with E-state index >= 15 is 0 Å². The van der Waals surface area contributed by atoms with Gasteiger partial charge < -0.3 is 24.1 Å². The van der Waals surface area contributed by atoms with E-state index < -0.39 is 11.7 Å². The minimum Gasteiger partial charge on any atom is -0.497 e. The zero-order chi connectivity index (χ0) is 21.9. The summed E-state index contributed by atoms with van der Waals surface area (Å²) in [5, 5.41) is 12.9. The maximum absolute atomic E-state index is 12.1. The Morgan fingerprint density at radius 1 is 1.30 bits per heavy atom. The zero-order valence-corrected chi connectivity index (χ0v) is 18.8. The van der Waals surface area contributed by atoms with Crippen LogP contribution in [0, 0.1) is 5.92 Å². The number of benzene rings is 1. The molecule has 0 spiro atoms. The molecule has 2 N–H and O–H groups in total. The topological polar surface area (TPSA) is 98.6 Å². The van der Waals surface area contributed by atoms with Gasteiger partial charge in [0.25, 0.3) is 0 Å².